The van der Waals surface area contributed by atoms with Crippen molar-refractivity contribution in [3.63, 3.8) is 0 Å². The lowest BCUT2D eigenvalue weighted by atomic mass is 10.4. The molecular formula is C18H17ClN4O3S3. The van der Waals surface area contributed by atoms with Crippen LogP contribution in [0.25, 0.3) is 0 Å². The number of benzene rings is 2. The second-order valence-electron chi connectivity index (χ2n) is 5.75. The van der Waals surface area contributed by atoms with Gasteiger partial charge in [-0.05, 0) is 36.4 Å². The lowest BCUT2D eigenvalue weighted by Crippen LogP contribution is -2.27. The molecule has 3 aromatic rings. The Kier molecular flexibility index (Phi) is 7.62. The van der Waals surface area contributed by atoms with Crippen LogP contribution in [0.3, 0.4) is 0 Å². The van der Waals surface area contributed by atoms with E-state index in [1.807, 2.05) is 30.3 Å². The summed E-state index contributed by atoms with van der Waals surface area (Å²) in [6.07, 6.45) is -0.0273. The Bertz CT molecular complexity index is 1060. The summed E-state index contributed by atoms with van der Waals surface area (Å²) in [5.74, 6) is 0.306. The first-order chi connectivity index (χ1) is 13.9. The van der Waals surface area contributed by atoms with Gasteiger partial charge in [-0.15, -0.1) is 22.0 Å². The number of aromatic nitrogens is 2. The minimum atomic E-state index is -3.69. The number of carbonyl (C=O) groups is 1. The Hall–Kier alpha value is -1.98. The number of halogens is 1. The quantitative estimate of drug-likeness (QED) is 0.463. The van der Waals surface area contributed by atoms with Crippen molar-refractivity contribution >= 4 is 55.8 Å². The highest BCUT2D eigenvalue weighted by Crippen LogP contribution is 2.25. The van der Waals surface area contributed by atoms with Gasteiger partial charge >= 0.3 is 0 Å². The predicted octanol–water partition coefficient (Wildman–Crippen LogP) is 3.79. The van der Waals surface area contributed by atoms with Gasteiger partial charge in [0.15, 0.2) is 0 Å². The molecule has 0 atom stereocenters. The van der Waals surface area contributed by atoms with E-state index in [0.29, 0.717) is 15.9 Å². The number of amides is 1. The molecule has 7 nitrogen and oxygen atoms in total. The number of nitrogens with zero attached hydrogens (tertiary/aromatic N) is 2. The van der Waals surface area contributed by atoms with E-state index in [1.165, 1.54) is 35.6 Å². The summed E-state index contributed by atoms with van der Waals surface area (Å²) >= 11 is 8.68. The molecule has 0 bridgehead atoms. The Morgan fingerprint density at radius 1 is 1.07 bits per heavy atom. The van der Waals surface area contributed by atoms with E-state index in [9.17, 15) is 13.2 Å². The number of sulfonamides is 1. The van der Waals surface area contributed by atoms with Gasteiger partial charge in [-0.1, -0.05) is 41.1 Å². The second kappa shape index (κ2) is 10.2. The Balaban J connectivity index is 1.44. The zero-order valence-electron chi connectivity index (χ0n) is 15.0. The van der Waals surface area contributed by atoms with Crippen LogP contribution >= 0.6 is 34.7 Å². The van der Waals surface area contributed by atoms with Crippen LogP contribution < -0.4 is 10.0 Å². The van der Waals surface area contributed by atoms with E-state index >= 15 is 0 Å². The van der Waals surface area contributed by atoms with Gasteiger partial charge in [0, 0.05) is 22.9 Å². The summed E-state index contributed by atoms with van der Waals surface area (Å²) < 4.78 is 26.7. The van der Waals surface area contributed by atoms with Crippen molar-refractivity contribution in [2.75, 3.05) is 11.9 Å². The molecule has 0 unspecified atom stereocenters. The van der Waals surface area contributed by atoms with Gasteiger partial charge in [0.2, 0.25) is 21.1 Å². The van der Waals surface area contributed by atoms with Crippen LogP contribution in [-0.2, 0) is 20.6 Å². The summed E-state index contributed by atoms with van der Waals surface area (Å²) in [7, 11) is -3.69. The zero-order chi connectivity index (χ0) is 20.7. The largest absolute Gasteiger partial charge is 0.300 e. The zero-order valence-corrected chi connectivity index (χ0v) is 18.2. The molecule has 1 heterocycles. The van der Waals surface area contributed by atoms with Crippen molar-refractivity contribution in [1.29, 1.82) is 0 Å². The molecule has 1 aromatic heterocycles. The van der Waals surface area contributed by atoms with Crippen LogP contribution in [0.2, 0.25) is 5.02 Å². The van der Waals surface area contributed by atoms with Crippen molar-refractivity contribution in [3.8, 4) is 0 Å². The van der Waals surface area contributed by atoms with E-state index < -0.39 is 10.0 Å². The molecule has 1 amide bonds. The minimum Gasteiger partial charge on any atom is -0.300 e. The van der Waals surface area contributed by atoms with E-state index in [2.05, 4.69) is 20.2 Å². The normalized spacial score (nSPS) is 11.3. The van der Waals surface area contributed by atoms with Gasteiger partial charge < -0.3 is 5.32 Å². The van der Waals surface area contributed by atoms with Crippen molar-refractivity contribution in [1.82, 2.24) is 14.9 Å². The third-order valence-electron chi connectivity index (χ3n) is 3.59. The number of carbonyl (C=O) groups excluding carboxylic acids is 1. The molecular weight excluding hydrogens is 452 g/mol. The lowest BCUT2D eigenvalue weighted by molar-refractivity contribution is -0.116. The van der Waals surface area contributed by atoms with Crippen molar-refractivity contribution in [3.05, 3.63) is 64.6 Å². The third-order valence-corrected chi connectivity index (χ3v) is 7.36. The molecule has 0 saturated carbocycles. The fraction of sp³-hybridized carbons (Fsp3) is 0.167. The number of hydrogen-bond acceptors (Lipinski definition) is 7. The first-order valence-electron chi connectivity index (χ1n) is 8.48. The maximum Gasteiger partial charge on any atom is 0.240 e. The smallest absolute Gasteiger partial charge is 0.240 e. The van der Waals surface area contributed by atoms with Crippen molar-refractivity contribution in [2.45, 2.75) is 22.0 Å². The summed E-state index contributed by atoms with van der Waals surface area (Å²) in [4.78, 5) is 13.3. The monoisotopic (exact) mass is 468 g/mol. The molecule has 11 heteroatoms. The third kappa shape index (κ3) is 6.79. The molecule has 152 valence electrons. The first kappa shape index (κ1) is 21.7. The van der Waals surface area contributed by atoms with Gasteiger partial charge in [0.25, 0.3) is 0 Å². The number of thioether (sulfide) groups is 1. The fourth-order valence-electron chi connectivity index (χ4n) is 2.20. The molecule has 2 N–H and O–H groups in total. The summed E-state index contributed by atoms with van der Waals surface area (Å²) in [6, 6.07) is 15.7. The average molecular weight is 469 g/mol. The highest BCUT2D eigenvalue weighted by Gasteiger charge is 2.15. The number of rotatable bonds is 9. The topological polar surface area (TPSA) is 101 Å². The highest BCUT2D eigenvalue weighted by atomic mass is 35.5. The maximum absolute atomic E-state index is 12.2. The summed E-state index contributed by atoms with van der Waals surface area (Å²) in [5.41, 5.74) is 0. The Labute approximate surface area is 182 Å². The van der Waals surface area contributed by atoms with Crippen LogP contribution in [0.15, 0.2) is 64.4 Å². The maximum atomic E-state index is 12.2. The molecule has 0 aliphatic carbocycles. The molecule has 0 saturated heterocycles. The van der Waals surface area contributed by atoms with Crippen LogP contribution in [0.4, 0.5) is 5.13 Å². The molecule has 0 fully saturated rings. The van der Waals surface area contributed by atoms with Gasteiger partial charge in [0.05, 0.1) is 10.6 Å². The SMILES string of the molecule is O=C(CCNS(=O)(=O)c1ccc(Cl)cc1)Nc1nnc(CSc2ccccc2)s1. The minimum absolute atomic E-state index is 0.0273. The van der Waals surface area contributed by atoms with Crippen molar-refractivity contribution in [2.24, 2.45) is 0 Å². The number of anilines is 1. The number of hydrogen-bond donors (Lipinski definition) is 2. The average Bonchev–Trinajstić information content (AvgIpc) is 3.14. The predicted molar refractivity (Wildman–Crippen MR) is 116 cm³/mol. The molecule has 29 heavy (non-hydrogen) atoms. The van der Waals surface area contributed by atoms with Crippen LogP contribution in [-0.4, -0.2) is 31.1 Å². The first-order valence-corrected chi connectivity index (χ1v) is 12.1. The molecule has 0 spiro atoms. The van der Waals surface area contributed by atoms with Crippen LogP contribution in [0, 0.1) is 0 Å². The standard InChI is InChI=1S/C18H17ClN4O3S3/c19-13-6-8-15(9-7-13)29(25,26)20-11-10-16(24)21-18-23-22-17(28-18)12-27-14-4-2-1-3-5-14/h1-9,20H,10-12H2,(H,21,23,24). The van der Waals surface area contributed by atoms with Gasteiger partial charge in [-0.25, -0.2) is 13.1 Å². The summed E-state index contributed by atoms with van der Waals surface area (Å²) in [5, 5.41) is 12.3. The van der Waals surface area contributed by atoms with Crippen LogP contribution in [0.5, 0.6) is 0 Å². The Morgan fingerprint density at radius 2 is 1.79 bits per heavy atom. The van der Waals surface area contributed by atoms with E-state index in [1.54, 1.807) is 11.8 Å². The molecule has 0 radical (unpaired) electrons. The molecule has 0 aliphatic rings. The number of nitrogens with one attached hydrogen (secondary N) is 2. The summed E-state index contributed by atoms with van der Waals surface area (Å²) in [6.45, 7) is -0.0354. The van der Waals surface area contributed by atoms with Gasteiger partial charge in [0.1, 0.15) is 5.01 Å². The fourth-order valence-corrected chi connectivity index (χ4v) is 5.02. The molecule has 2 aromatic carbocycles. The lowest BCUT2D eigenvalue weighted by Gasteiger charge is -2.06. The van der Waals surface area contributed by atoms with E-state index in [0.717, 1.165) is 9.90 Å². The second-order valence-corrected chi connectivity index (χ2v) is 10.1. The van der Waals surface area contributed by atoms with E-state index in [4.69, 9.17) is 11.6 Å². The molecule has 0 aliphatic heterocycles. The Morgan fingerprint density at radius 3 is 2.52 bits per heavy atom. The van der Waals surface area contributed by atoms with Crippen molar-refractivity contribution < 1.29 is 13.2 Å². The van der Waals surface area contributed by atoms with Crippen LogP contribution in [0.1, 0.15) is 11.4 Å². The van der Waals surface area contributed by atoms with E-state index in [-0.39, 0.29) is 23.8 Å². The van der Waals surface area contributed by atoms with Gasteiger partial charge in [-0.3, -0.25) is 4.79 Å². The highest BCUT2D eigenvalue weighted by molar-refractivity contribution is 7.98. The molecule has 3 rings (SSSR count). The van der Waals surface area contributed by atoms with Gasteiger partial charge in [-0.2, -0.15) is 0 Å².